The number of nitrogens with zero attached hydrogens (tertiary/aromatic N) is 2. The van der Waals surface area contributed by atoms with Crippen LogP contribution in [0.5, 0.6) is 11.5 Å². The molecular weight excluding hydrogens is 539 g/mol. The number of hydrogen-bond acceptors (Lipinski definition) is 6. The molecule has 39 heavy (non-hydrogen) atoms. The molecule has 0 aliphatic carbocycles. The Hall–Kier alpha value is -2.97. The lowest BCUT2D eigenvalue weighted by atomic mass is 10.1. The maximum Gasteiger partial charge on any atom is 0.223 e. The zero-order chi connectivity index (χ0) is 27.4. The van der Waals surface area contributed by atoms with Gasteiger partial charge in [-0.25, -0.2) is 0 Å². The molecule has 0 saturated carbocycles. The van der Waals surface area contributed by atoms with Crippen molar-refractivity contribution in [2.75, 3.05) is 44.3 Å². The molecule has 0 spiro atoms. The van der Waals surface area contributed by atoms with Gasteiger partial charge < -0.3 is 29.1 Å². The van der Waals surface area contributed by atoms with Crippen molar-refractivity contribution in [3.8, 4) is 11.5 Å². The molecule has 0 radical (unpaired) electrons. The molecule has 206 valence electrons. The minimum Gasteiger partial charge on any atom is -0.508 e. The fourth-order valence-corrected chi connectivity index (χ4v) is 5.53. The molecule has 0 aromatic heterocycles. The van der Waals surface area contributed by atoms with E-state index < -0.39 is 5.79 Å². The van der Waals surface area contributed by atoms with Crippen LogP contribution in [-0.4, -0.2) is 61.4 Å². The summed E-state index contributed by atoms with van der Waals surface area (Å²) >= 11 is 12.4. The number of benzene rings is 3. The maximum absolute atomic E-state index is 12.7. The van der Waals surface area contributed by atoms with Gasteiger partial charge in [0.05, 0.1) is 11.6 Å². The van der Waals surface area contributed by atoms with Gasteiger partial charge in [0.25, 0.3) is 0 Å². The van der Waals surface area contributed by atoms with E-state index in [-0.39, 0.29) is 17.8 Å². The highest BCUT2D eigenvalue weighted by Gasteiger charge is 2.40. The first-order chi connectivity index (χ1) is 18.8. The van der Waals surface area contributed by atoms with Crippen molar-refractivity contribution < 1.29 is 24.1 Å². The molecule has 2 atom stereocenters. The lowest BCUT2D eigenvalue weighted by Gasteiger charge is -2.36. The van der Waals surface area contributed by atoms with Crippen molar-refractivity contribution in [3.05, 3.63) is 87.9 Å². The van der Waals surface area contributed by atoms with Gasteiger partial charge in [-0.15, -0.1) is 0 Å². The third-order valence-electron chi connectivity index (χ3n) is 7.19. The van der Waals surface area contributed by atoms with E-state index in [1.54, 1.807) is 24.3 Å². The van der Waals surface area contributed by atoms with Crippen LogP contribution in [0.3, 0.4) is 0 Å². The predicted molar refractivity (Wildman–Crippen MR) is 152 cm³/mol. The second-order valence-corrected chi connectivity index (χ2v) is 10.8. The molecule has 1 amide bonds. The van der Waals surface area contributed by atoms with E-state index in [1.807, 2.05) is 54.3 Å². The van der Waals surface area contributed by atoms with Gasteiger partial charge in [0, 0.05) is 48.9 Å². The summed E-state index contributed by atoms with van der Waals surface area (Å²) in [6.07, 6.45) is 0.909. The number of aryl methyl sites for hydroxylation is 1. The molecule has 2 aliphatic rings. The molecule has 2 fully saturated rings. The molecule has 5 rings (SSSR count). The second kappa shape index (κ2) is 12.0. The largest absolute Gasteiger partial charge is 0.508 e. The Kier molecular flexibility index (Phi) is 8.52. The summed E-state index contributed by atoms with van der Waals surface area (Å²) in [6.45, 7) is 5.55. The van der Waals surface area contributed by atoms with Crippen molar-refractivity contribution in [3.63, 3.8) is 0 Å². The first-order valence-electron chi connectivity index (χ1n) is 13.1. The number of anilines is 1. The van der Waals surface area contributed by atoms with Gasteiger partial charge in [0.2, 0.25) is 5.91 Å². The third kappa shape index (κ3) is 6.79. The van der Waals surface area contributed by atoms with Crippen LogP contribution >= 0.6 is 23.2 Å². The average molecular weight is 572 g/mol. The number of phenolic OH excluding ortho intramolecular Hbond substituents is 1. The first-order valence-corrected chi connectivity index (χ1v) is 13.9. The van der Waals surface area contributed by atoms with Crippen LogP contribution in [0.1, 0.15) is 24.5 Å². The highest BCUT2D eigenvalue weighted by atomic mass is 35.5. The van der Waals surface area contributed by atoms with E-state index in [4.69, 9.17) is 37.4 Å². The minimum absolute atomic E-state index is 0.166. The molecule has 3 aromatic carbocycles. The zero-order valence-corrected chi connectivity index (χ0v) is 23.3. The first kappa shape index (κ1) is 27.6. The number of aromatic hydroxyl groups is 1. The monoisotopic (exact) mass is 570 g/mol. The average Bonchev–Trinajstić information content (AvgIpc) is 3.33. The number of phenols is 1. The summed E-state index contributed by atoms with van der Waals surface area (Å²) in [5.74, 6) is 0.207. The van der Waals surface area contributed by atoms with Crippen molar-refractivity contribution in [2.45, 2.75) is 31.7 Å². The standard InChI is InChI=1S/C30H32Cl2N2O5/c1-30(27-12-5-22(31)18-28(27)32)38-20-26(39-30)19-37-25-10-6-23(7-11-25)33-14-16-34(17-15-33)29(36)13-4-21-2-8-24(35)9-3-21/h2-3,5-12,18,26,35H,4,13-17,19-20H2,1H3/t26-,30+/m1/s1. The van der Waals surface area contributed by atoms with Crippen LogP contribution in [0.25, 0.3) is 0 Å². The van der Waals surface area contributed by atoms with Crippen LogP contribution in [0.2, 0.25) is 10.0 Å². The minimum atomic E-state index is -0.950. The fourth-order valence-electron chi connectivity index (χ4n) is 4.95. The van der Waals surface area contributed by atoms with E-state index in [9.17, 15) is 9.90 Å². The van der Waals surface area contributed by atoms with Gasteiger partial charge in [0.15, 0.2) is 5.79 Å². The SMILES string of the molecule is C[C@]1(c2ccc(Cl)cc2Cl)OC[C@@H](COc2ccc(N3CCN(C(=O)CCc4ccc(O)cc4)CC3)cc2)O1. The Labute approximate surface area is 238 Å². The molecule has 3 aromatic rings. The van der Waals surface area contributed by atoms with Crippen LogP contribution in [0.15, 0.2) is 66.7 Å². The van der Waals surface area contributed by atoms with E-state index in [0.29, 0.717) is 49.2 Å². The smallest absolute Gasteiger partial charge is 0.223 e. The Bertz CT molecular complexity index is 1280. The van der Waals surface area contributed by atoms with E-state index in [1.165, 1.54) is 0 Å². The van der Waals surface area contributed by atoms with Crippen molar-refractivity contribution in [1.82, 2.24) is 4.90 Å². The topological polar surface area (TPSA) is 71.5 Å². The van der Waals surface area contributed by atoms with E-state index in [0.717, 1.165) is 35.7 Å². The van der Waals surface area contributed by atoms with Crippen LogP contribution < -0.4 is 9.64 Å². The molecule has 0 bridgehead atoms. The Balaban J connectivity index is 1.06. The van der Waals surface area contributed by atoms with Crippen molar-refractivity contribution >= 4 is 34.8 Å². The van der Waals surface area contributed by atoms with Gasteiger partial charge in [0.1, 0.15) is 24.2 Å². The Morgan fingerprint density at radius 1 is 1.03 bits per heavy atom. The lowest BCUT2D eigenvalue weighted by Crippen LogP contribution is -2.48. The molecule has 7 nitrogen and oxygen atoms in total. The third-order valence-corrected chi connectivity index (χ3v) is 7.74. The molecule has 2 aliphatic heterocycles. The van der Waals surface area contributed by atoms with Gasteiger partial charge in [-0.1, -0.05) is 41.4 Å². The van der Waals surface area contributed by atoms with Crippen LogP contribution in [0.4, 0.5) is 5.69 Å². The number of ether oxygens (including phenoxy) is 3. The predicted octanol–water partition coefficient (Wildman–Crippen LogP) is 5.65. The zero-order valence-electron chi connectivity index (χ0n) is 21.8. The molecule has 9 heteroatoms. The molecule has 2 heterocycles. The molecule has 1 N–H and O–H groups in total. The highest BCUT2D eigenvalue weighted by molar-refractivity contribution is 6.35. The summed E-state index contributed by atoms with van der Waals surface area (Å²) in [4.78, 5) is 16.9. The summed E-state index contributed by atoms with van der Waals surface area (Å²) in [5, 5.41) is 10.5. The quantitative estimate of drug-likeness (QED) is 0.377. The Morgan fingerprint density at radius 3 is 2.44 bits per heavy atom. The van der Waals surface area contributed by atoms with Gasteiger partial charge >= 0.3 is 0 Å². The van der Waals surface area contributed by atoms with Gasteiger partial charge in [-0.2, -0.15) is 0 Å². The number of amides is 1. The van der Waals surface area contributed by atoms with Crippen molar-refractivity contribution in [1.29, 1.82) is 0 Å². The highest BCUT2D eigenvalue weighted by Crippen LogP contribution is 2.38. The van der Waals surface area contributed by atoms with Crippen LogP contribution in [-0.2, 0) is 26.5 Å². The number of hydrogen-bond donors (Lipinski definition) is 1. The fraction of sp³-hybridized carbons (Fsp3) is 0.367. The second-order valence-electron chi connectivity index (χ2n) is 9.96. The molecule has 2 saturated heterocycles. The van der Waals surface area contributed by atoms with Gasteiger partial charge in [-0.05, 0) is 67.4 Å². The summed E-state index contributed by atoms with van der Waals surface area (Å²) in [6, 6.07) is 20.3. The molecule has 0 unspecified atom stereocenters. The normalized spacial score (nSPS) is 21.3. The van der Waals surface area contributed by atoms with E-state index in [2.05, 4.69) is 4.90 Å². The number of carbonyl (C=O) groups is 1. The Morgan fingerprint density at radius 2 is 1.74 bits per heavy atom. The van der Waals surface area contributed by atoms with E-state index >= 15 is 0 Å². The van der Waals surface area contributed by atoms with Gasteiger partial charge in [-0.3, -0.25) is 4.79 Å². The summed E-state index contributed by atoms with van der Waals surface area (Å²) < 4.78 is 18.1. The molecular formula is C30H32Cl2N2O5. The summed E-state index contributed by atoms with van der Waals surface area (Å²) in [5.41, 5.74) is 2.89. The summed E-state index contributed by atoms with van der Waals surface area (Å²) in [7, 11) is 0. The number of halogens is 2. The number of carbonyl (C=O) groups excluding carboxylic acids is 1. The number of piperazine rings is 1. The van der Waals surface area contributed by atoms with Crippen molar-refractivity contribution in [2.24, 2.45) is 0 Å². The number of rotatable bonds is 8. The lowest BCUT2D eigenvalue weighted by molar-refractivity contribution is -0.164. The van der Waals surface area contributed by atoms with Crippen LogP contribution in [0, 0.1) is 0 Å². The maximum atomic E-state index is 12.7.